The van der Waals surface area contributed by atoms with Crippen LogP contribution in [0.3, 0.4) is 0 Å². The number of hydrogen-bond donors (Lipinski definition) is 5. The first-order valence-corrected chi connectivity index (χ1v) is 25.4. The lowest BCUT2D eigenvalue weighted by molar-refractivity contribution is -0.302. The number of ether oxygens (including phenoxy) is 5. The van der Waals surface area contributed by atoms with Crippen LogP contribution >= 0.6 is 0 Å². The van der Waals surface area contributed by atoms with Gasteiger partial charge < -0.3 is 59.0 Å². The van der Waals surface area contributed by atoms with Crippen molar-refractivity contribution in [1.82, 2.24) is 24.8 Å². The summed E-state index contributed by atoms with van der Waals surface area (Å²) in [6.07, 6.45) is -1.62. The number of carbonyl (C=O) groups is 1. The molecule has 0 radical (unpaired) electrons. The summed E-state index contributed by atoms with van der Waals surface area (Å²) in [5.41, 5.74) is -1.44. The Balaban J connectivity index is 1.40. The van der Waals surface area contributed by atoms with E-state index < -0.39 is 95.6 Å². The summed E-state index contributed by atoms with van der Waals surface area (Å²) >= 11 is 0. The van der Waals surface area contributed by atoms with E-state index in [0.29, 0.717) is 25.9 Å². The number of likely N-dealkylation sites (N-methyl/N-ethyl adjacent to an activating group) is 2. The standard InChI is InChI=1S/C52H88N6O11/c1-15-42-52(10,64)45(60)35(6)57(13)29-31(2)27-50(8,63)47(33(4)43(34(5)48(62)68-42)41-28-51(9,65-14)46(61)36(7)67-41)69-49-44(59)40(26-32(3)66-49)56(12)25-23-39-30-58(55-54-39)24-17-16-18-37-19-21-38(53-11)22-20-37/h19-22,30-36,40-47,49,59-61,63-64H,11,15-18,23-29H2,1-10,12-14H3/t31-,32-,33+,34-,35-,36+,40+,41-,42-,43?,44-,45-,46+,47-,49+,50-,51-,52-/m1/s1. The van der Waals surface area contributed by atoms with Gasteiger partial charge in [0.15, 0.2) is 6.29 Å². The lowest BCUT2D eigenvalue weighted by Gasteiger charge is -2.51. The van der Waals surface area contributed by atoms with Crippen molar-refractivity contribution in [3.63, 3.8) is 0 Å². The summed E-state index contributed by atoms with van der Waals surface area (Å²) in [4.78, 5) is 22.6. The van der Waals surface area contributed by atoms with Crippen LogP contribution in [0.5, 0.6) is 0 Å². The Labute approximate surface area is 411 Å². The van der Waals surface area contributed by atoms with E-state index in [0.717, 1.165) is 37.2 Å². The molecule has 3 aliphatic rings. The van der Waals surface area contributed by atoms with Crippen molar-refractivity contribution in [1.29, 1.82) is 0 Å². The van der Waals surface area contributed by atoms with Crippen LogP contribution < -0.4 is 0 Å². The van der Waals surface area contributed by atoms with E-state index in [1.165, 1.54) is 19.6 Å². The Morgan fingerprint density at radius 2 is 1.65 bits per heavy atom. The fraction of sp³-hybridized carbons (Fsp3) is 0.808. The lowest BCUT2D eigenvalue weighted by Crippen LogP contribution is -2.62. The molecule has 0 spiro atoms. The summed E-state index contributed by atoms with van der Waals surface area (Å²) in [7, 11) is 5.37. The first-order valence-electron chi connectivity index (χ1n) is 25.4. The minimum Gasteiger partial charge on any atom is -0.459 e. The van der Waals surface area contributed by atoms with E-state index in [1.54, 1.807) is 27.7 Å². The molecule has 1 unspecified atom stereocenters. The predicted octanol–water partition coefficient (Wildman–Crippen LogP) is 4.73. The third-order valence-corrected chi connectivity index (χ3v) is 16.0. The van der Waals surface area contributed by atoms with Gasteiger partial charge in [0.2, 0.25) is 0 Å². The van der Waals surface area contributed by atoms with Crippen LogP contribution in [-0.4, -0.2) is 181 Å². The highest BCUT2D eigenvalue weighted by Crippen LogP contribution is 2.45. The number of aromatic nitrogens is 3. The SMILES string of the molecule is C=Nc1ccc(CCCCn2cc(CCN(C)[C@H]3C[C@@H](C)O[C@@H](O[C@@H]4[C@@H](C)C([C@H]5C[C@@](C)(OC)[C@@H](O)[C@H](C)O5)[C@@H](C)C(=O)O[C@H](CC)[C@@](C)(O)[C@H](O)[C@@H](C)N(C)C[C@H](C)C[C@@]4(C)O)[C@@H]3O)nn2)cc1. The van der Waals surface area contributed by atoms with Gasteiger partial charge in [-0.3, -0.25) is 14.5 Å². The largest absolute Gasteiger partial charge is 0.459 e. The molecule has 3 aliphatic heterocycles. The molecule has 1 aromatic carbocycles. The molecule has 5 N–H and O–H groups in total. The van der Waals surface area contributed by atoms with Crippen molar-refractivity contribution in [2.75, 3.05) is 34.3 Å². The van der Waals surface area contributed by atoms with Gasteiger partial charge in [0.25, 0.3) is 0 Å². The molecule has 69 heavy (non-hydrogen) atoms. The number of unbranched alkanes of at least 4 members (excludes halogenated alkanes) is 1. The Morgan fingerprint density at radius 3 is 2.29 bits per heavy atom. The average Bonchev–Trinajstić information content (AvgIpc) is 3.76. The van der Waals surface area contributed by atoms with E-state index in [4.69, 9.17) is 23.7 Å². The van der Waals surface area contributed by atoms with Gasteiger partial charge in [-0.25, -0.2) is 0 Å². The van der Waals surface area contributed by atoms with E-state index in [-0.39, 0.29) is 37.3 Å². The predicted molar refractivity (Wildman–Crippen MR) is 264 cm³/mol. The van der Waals surface area contributed by atoms with E-state index in [9.17, 15) is 30.3 Å². The number of benzene rings is 1. The Morgan fingerprint density at radius 1 is 0.971 bits per heavy atom. The van der Waals surface area contributed by atoms with Gasteiger partial charge in [-0.05, 0) is 130 Å². The molecular weight excluding hydrogens is 885 g/mol. The van der Waals surface area contributed by atoms with Gasteiger partial charge >= 0.3 is 5.97 Å². The van der Waals surface area contributed by atoms with Crippen LogP contribution in [0, 0.1) is 23.7 Å². The Bertz CT molecular complexity index is 1920. The number of nitrogens with zero attached hydrogens (tertiary/aromatic N) is 6. The highest BCUT2D eigenvalue weighted by molar-refractivity contribution is 5.73. The molecule has 0 amide bonds. The summed E-state index contributed by atoms with van der Waals surface area (Å²) in [5, 5.41) is 68.9. The van der Waals surface area contributed by atoms with Crippen LogP contribution in [-0.2, 0) is 47.9 Å². The second kappa shape index (κ2) is 24.2. The van der Waals surface area contributed by atoms with Gasteiger partial charge in [-0.1, -0.05) is 45.0 Å². The monoisotopic (exact) mass is 973 g/mol. The number of aliphatic imine (C=N–C) groups is 1. The molecule has 3 saturated heterocycles. The van der Waals surface area contributed by atoms with Gasteiger partial charge in [0.1, 0.15) is 30.0 Å². The van der Waals surface area contributed by atoms with Crippen molar-refractivity contribution in [2.24, 2.45) is 28.7 Å². The summed E-state index contributed by atoms with van der Waals surface area (Å²) in [6, 6.07) is 7.21. The number of rotatable bonds is 15. The molecule has 0 bridgehead atoms. The number of aliphatic hydroxyl groups is 5. The zero-order valence-electron chi connectivity index (χ0n) is 43.9. The molecule has 17 heteroatoms. The number of esters is 1. The van der Waals surface area contributed by atoms with E-state index in [2.05, 4.69) is 39.1 Å². The maximum absolute atomic E-state index is 14.6. The first-order chi connectivity index (χ1) is 32.4. The van der Waals surface area contributed by atoms with Crippen LogP contribution in [0.25, 0.3) is 0 Å². The van der Waals surface area contributed by atoms with Crippen LogP contribution in [0.1, 0.15) is 119 Å². The fourth-order valence-corrected chi connectivity index (χ4v) is 11.6. The molecule has 0 aliphatic carbocycles. The molecule has 17 nitrogen and oxygen atoms in total. The van der Waals surface area contributed by atoms with E-state index in [1.807, 2.05) is 76.6 Å². The molecule has 5 rings (SSSR count). The normalized spacial score (nSPS) is 40.2. The average molecular weight is 973 g/mol. The second-order valence-corrected chi connectivity index (χ2v) is 21.8. The number of aliphatic hydroxyl groups excluding tert-OH is 3. The molecule has 4 heterocycles. The zero-order valence-corrected chi connectivity index (χ0v) is 43.9. The maximum atomic E-state index is 14.6. The highest BCUT2D eigenvalue weighted by Gasteiger charge is 2.55. The van der Waals surface area contributed by atoms with E-state index >= 15 is 0 Å². The van der Waals surface area contributed by atoms with Gasteiger partial charge in [0, 0.05) is 63.8 Å². The van der Waals surface area contributed by atoms with Gasteiger partial charge in [-0.2, -0.15) is 0 Å². The topological polar surface area (TPSA) is 214 Å². The zero-order chi connectivity index (χ0) is 51.2. The summed E-state index contributed by atoms with van der Waals surface area (Å²) in [5.74, 6) is -3.07. The number of methoxy groups -OCH3 is 1. The maximum Gasteiger partial charge on any atom is 0.309 e. The van der Waals surface area contributed by atoms with Crippen LogP contribution in [0.4, 0.5) is 5.69 Å². The Kier molecular flexibility index (Phi) is 20.0. The number of cyclic esters (lactones) is 1. The molecule has 18 atom stereocenters. The van der Waals surface area contributed by atoms with Crippen LogP contribution in [0.15, 0.2) is 35.5 Å². The lowest BCUT2D eigenvalue weighted by atomic mass is 9.68. The molecular formula is C52H88N6O11. The van der Waals surface area contributed by atoms with Crippen molar-refractivity contribution < 1.29 is 54.0 Å². The van der Waals surface area contributed by atoms with Gasteiger partial charge in [-0.15, -0.1) is 5.10 Å². The number of carbonyl (C=O) groups excluding carboxylic acids is 1. The number of aryl methyl sites for hydroxylation is 2. The molecule has 2 aromatic rings. The molecule has 3 fully saturated rings. The third kappa shape index (κ3) is 13.8. The van der Waals surface area contributed by atoms with Crippen LogP contribution in [0.2, 0.25) is 0 Å². The molecule has 392 valence electrons. The third-order valence-electron chi connectivity index (χ3n) is 16.0. The minimum absolute atomic E-state index is 0.159. The molecule has 0 saturated carbocycles. The summed E-state index contributed by atoms with van der Waals surface area (Å²) in [6.45, 7) is 23.4. The minimum atomic E-state index is -1.81. The quantitative estimate of drug-likeness (QED) is 0.0927. The second-order valence-electron chi connectivity index (χ2n) is 21.8. The van der Waals surface area contributed by atoms with Crippen molar-refractivity contribution in [2.45, 2.75) is 211 Å². The van der Waals surface area contributed by atoms with Crippen molar-refractivity contribution >= 4 is 18.4 Å². The Hall–Kier alpha value is -2.94. The van der Waals surface area contributed by atoms with Crippen molar-refractivity contribution in [3.05, 3.63) is 41.7 Å². The number of hydrogen-bond acceptors (Lipinski definition) is 16. The molecule has 1 aromatic heterocycles. The highest BCUT2D eigenvalue weighted by atomic mass is 16.7. The fourth-order valence-electron chi connectivity index (χ4n) is 11.6. The van der Waals surface area contributed by atoms with Gasteiger partial charge in [0.05, 0.1) is 52.9 Å². The smallest absolute Gasteiger partial charge is 0.309 e. The van der Waals surface area contributed by atoms with Crippen molar-refractivity contribution in [3.8, 4) is 0 Å². The summed E-state index contributed by atoms with van der Waals surface area (Å²) < 4.78 is 34.1. The first kappa shape index (κ1) is 57.0.